The van der Waals surface area contributed by atoms with Crippen LogP contribution in [0.5, 0.6) is 0 Å². The van der Waals surface area contributed by atoms with E-state index >= 15 is 0 Å². The Labute approximate surface area is 110 Å². The lowest BCUT2D eigenvalue weighted by molar-refractivity contribution is -0.180. The Bertz CT molecular complexity index is 212. The van der Waals surface area contributed by atoms with E-state index in [1.54, 1.807) is 0 Å². The normalized spacial score (nSPS) is 35.5. The fourth-order valence-electron chi connectivity index (χ4n) is 2.88. The number of aliphatic hydroxyl groups excluding tert-OH is 2. The van der Waals surface area contributed by atoms with Gasteiger partial charge in [-0.05, 0) is 38.5 Å². The van der Waals surface area contributed by atoms with Gasteiger partial charge in [-0.1, -0.05) is 13.3 Å². The summed E-state index contributed by atoms with van der Waals surface area (Å²) in [5.41, 5.74) is 0. The minimum atomic E-state index is -1.32. The summed E-state index contributed by atoms with van der Waals surface area (Å²) in [5.74, 6) is -1.19. The molecule has 2 fully saturated rings. The van der Waals surface area contributed by atoms with Crippen LogP contribution in [0.2, 0.25) is 0 Å². The van der Waals surface area contributed by atoms with Gasteiger partial charge in [-0.2, -0.15) is 0 Å². The summed E-state index contributed by atoms with van der Waals surface area (Å²) in [4.78, 5) is 0. The fraction of sp³-hybridized carbons (Fsp3) is 1.00. The first-order chi connectivity index (χ1) is 8.46. The molecular formula is C14H28O4. The minimum Gasteiger partial charge on any atom is -0.393 e. The third-order valence-electron chi connectivity index (χ3n) is 4.11. The molecule has 4 heteroatoms. The second kappa shape index (κ2) is 7.43. The van der Waals surface area contributed by atoms with Crippen molar-refractivity contribution in [3.05, 3.63) is 0 Å². The van der Waals surface area contributed by atoms with Gasteiger partial charge in [0.25, 0.3) is 0 Å². The molecule has 0 bridgehead atoms. The molecule has 0 amide bonds. The van der Waals surface area contributed by atoms with Crippen LogP contribution in [-0.2, 0) is 0 Å². The zero-order chi connectivity index (χ0) is 13.6. The molecule has 0 aliphatic heterocycles. The van der Waals surface area contributed by atoms with E-state index in [9.17, 15) is 10.2 Å². The third kappa shape index (κ3) is 5.22. The average Bonchev–Trinajstić information content (AvgIpc) is 2.30. The highest BCUT2D eigenvalue weighted by Crippen LogP contribution is 2.27. The van der Waals surface area contributed by atoms with Crippen LogP contribution in [0.15, 0.2) is 0 Å². The first kappa shape index (κ1) is 15.9. The Morgan fingerprint density at radius 2 is 1.39 bits per heavy atom. The van der Waals surface area contributed by atoms with Gasteiger partial charge < -0.3 is 20.4 Å². The molecule has 108 valence electrons. The summed E-state index contributed by atoms with van der Waals surface area (Å²) < 4.78 is 0. The van der Waals surface area contributed by atoms with E-state index in [4.69, 9.17) is 10.2 Å². The molecule has 0 aromatic rings. The Morgan fingerprint density at radius 1 is 0.889 bits per heavy atom. The van der Waals surface area contributed by atoms with Gasteiger partial charge in [0.2, 0.25) is 0 Å². The molecule has 18 heavy (non-hydrogen) atoms. The summed E-state index contributed by atoms with van der Waals surface area (Å²) in [7, 11) is 0. The van der Waals surface area contributed by atoms with Gasteiger partial charge in [0.05, 0.1) is 12.2 Å². The van der Waals surface area contributed by atoms with Crippen LogP contribution in [0.3, 0.4) is 0 Å². The van der Waals surface area contributed by atoms with Gasteiger partial charge in [0, 0.05) is 18.8 Å². The van der Waals surface area contributed by atoms with Gasteiger partial charge in [0.15, 0.2) is 5.79 Å². The lowest BCUT2D eigenvalue weighted by Gasteiger charge is -2.31. The number of rotatable bonds is 1. The molecule has 0 aromatic heterocycles. The maximum Gasteiger partial charge on any atom is 0.162 e. The fourth-order valence-corrected chi connectivity index (χ4v) is 2.88. The molecule has 0 aromatic carbocycles. The molecule has 0 spiro atoms. The van der Waals surface area contributed by atoms with Crippen molar-refractivity contribution < 1.29 is 20.4 Å². The highest BCUT2D eigenvalue weighted by atomic mass is 16.5. The van der Waals surface area contributed by atoms with Crippen molar-refractivity contribution in [2.24, 2.45) is 5.92 Å². The van der Waals surface area contributed by atoms with Crippen LogP contribution in [0.4, 0.5) is 0 Å². The van der Waals surface area contributed by atoms with Crippen molar-refractivity contribution >= 4 is 0 Å². The van der Waals surface area contributed by atoms with Gasteiger partial charge >= 0.3 is 0 Å². The molecule has 2 unspecified atom stereocenters. The molecule has 0 saturated heterocycles. The number of hydrogen-bond acceptors (Lipinski definition) is 4. The van der Waals surface area contributed by atoms with Crippen molar-refractivity contribution in [2.45, 2.75) is 82.7 Å². The zero-order valence-electron chi connectivity index (χ0n) is 11.4. The SMILES string of the molecule is CCC1C(O)CCCC1O.OC1(O)CCCCC1. The maximum absolute atomic E-state index is 9.38. The molecular weight excluding hydrogens is 232 g/mol. The summed E-state index contributed by atoms with van der Waals surface area (Å²) in [6, 6.07) is 0. The third-order valence-corrected chi connectivity index (χ3v) is 4.11. The van der Waals surface area contributed by atoms with Crippen LogP contribution < -0.4 is 0 Å². The van der Waals surface area contributed by atoms with Gasteiger partial charge in [-0.15, -0.1) is 0 Å². The summed E-state index contributed by atoms with van der Waals surface area (Å²) in [6.07, 6.45) is 7.30. The second-order valence-corrected chi connectivity index (χ2v) is 5.68. The molecule has 0 radical (unpaired) electrons. The minimum absolute atomic E-state index is 0.133. The van der Waals surface area contributed by atoms with E-state index in [0.29, 0.717) is 12.8 Å². The van der Waals surface area contributed by atoms with Gasteiger partial charge in [-0.3, -0.25) is 0 Å². The van der Waals surface area contributed by atoms with E-state index in [0.717, 1.165) is 44.9 Å². The van der Waals surface area contributed by atoms with Crippen molar-refractivity contribution in [1.29, 1.82) is 0 Å². The summed E-state index contributed by atoms with van der Waals surface area (Å²) in [5, 5.41) is 36.6. The van der Waals surface area contributed by atoms with Gasteiger partial charge in [-0.25, -0.2) is 0 Å². The Morgan fingerprint density at radius 3 is 1.67 bits per heavy atom. The molecule has 2 rings (SSSR count). The molecule has 2 atom stereocenters. The Balaban J connectivity index is 0.000000184. The topological polar surface area (TPSA) is 80.9 Å². The highest BCUT2D eigenvalue weighted by Gasteiger charge is 2.28. The first-order valence-corrected chi connectivity index (χ1v) is 7.27. The largest absolute Gasteiger partial charge is 0.393 e. The molecule has 4 N–H and O–H groups in total. The second-order valence-electron chi connectivity index (χ2n) is 5.68. The molecule has 2 aliphatic carbocycles. The predicted octanol–water partition coefficient (Wildman–Crippen LogP) is 1.55. The van der Waals surface area contributed by atoms with Crippen molar-refractivity contribution in [2.75, 3.05) is 0 Å². The summed E-state index contributed by atoms with van der Waals surface area (Å²) >= 11 is 0. The van der Waals surface area contributed by atoms with Crippen molar-refractivity contribution in [3.8, 4) is 0 Å². The Hall–Kier alpha value is -0.160. The number of hydrogen-bond donors (Lipinski definition) is 4. The zero-order valence-corrected chi connectivity index (χ0v) is 11.4. The lowest BCUT2D eigenvalue weighted by Crippen LogP contribution is -2.35. The number of aliphatic hydroxyl groups is 4. The van der Waals surface area contributed by atoms with E-state index in [-0.39, 0.29) is 18.1 Å². The maximum atomic E-state index is 9.38. The van der Waals surface area contributed by atoms with Crippen molar-refractivity contribution in [3.63, 3.8) is 0 Å². The quantitative estimate of drug-likeness (QED) is 0.539. The van der Waals surface area contributed by atoms with Crippen LogP contribution >= 0.6 is 0 Å². The smallest absolute Gasteiger partial charge is 0.162 e. The van der Waals surface area contributed by atoms with Crippen molar-refractivity contribution in [1.82, 2.24) is 0 Å². The van der Waals surface area contributed by atoms with E-state index in [1.165, 1.54) is 0 Å². The van der Waals surface area contributed by atoms with Crippen LogP contribution in [-0.4, -0.2) is 38.4 Å². The van der Waals surface area contributed by atoms with E-state index in [2.05, 4.69) is 0 Å². The highest BCUT2D eigenvalue weighted by molar-refractivity contribution is 4.80. The Kier molecular flexibility index (Phi) is 6.57. The van der Waals surface area contributed by atoms with E-state index in [1.807, 2.05) is 6.92 Å². The molecule has 2 saturated carbocycles. The average molecular weight is 260 g/mol. The first-order valence-electron chi connectivity index (χ1n) is 7.27. The van der Waals surface area contributed by atoms with Crippen LogP contribution in [0.25, 0.3) is 0 Å². The van der Waals surface area contributed by atoms with Gasteiger partial charge in [0.1, 0.15) is 0 Å². The summed E-state index contributed by atoms with van der Waals surface area (Å²) in [6.45, 7) is 2.02. The predicted molar refractivity (Wildman–Crippen MR) is 69.9 cm³/mol. The molecule has 2 aliphatic rings. The van der Waals surface area contributed by atoms with E-state index < -0.39 is 5.79 Å². The standard InChI is InChI=1S/C8H16O2.C6H12O2/c1-2-6-7(9)4-3-5-8(6)10;7-6(8)4-2-1-3-5-6/h6-10H,2-5H2,1H3;7-8H,1-5H2. The van der Waals surface area contributed by atoms with Crippen LogP contribution in [0.1, 0.15) is 64.7 Å². The molecule has 0 heterocycles. The molecule has 4 nitrogen and oxygen atoms in total. The lowest BCUT2D eigenvalue weighted by atomic mass is 9.82. The van der Waals surface area contributed by atoms with Crippen LogP contribution in [0, 0.1) is 5.92 Å². The monoisotopic (exact) mass is 260 g/mol.